The smallest absolute Gasteiger partial charge is 0.335 e. The predicted molar refractivity (Wildman–Crippen MR) is 88.6 cm³/mol. The summed E-state index contributed by atoms with van der Waals surface area (Å²) in [4.78, 5) is 23.0. The van der Waals surface area contributed by atoms with Crippen LogP contribution in [0.5, 0.6) is 5.75 Å². The molecule has 0 radical (unpaired) electrons. The molecule has 120 valence electrons. The van der Waals surface area contributed by atoms with E-state index < -0.39 is 11.9 Å². The van der Waals surface area contributed by atoms with Crippen LogP contribution in [0.2, 0.25) is 0 Å². The topological polar surface area (TPSA) is 99.4 Å². The lowest BCUT2D eigenvalue weighted by molar-refractivity contribution is -0.112. The summed E-state index contributed by atoms with van der Waals surface area (Å²) in [6, 6.07) is 14.5. The first-order valence-corrected chi connectivity index (χ1v) is 6.94. The van der Waals surface area contributed by atoms with Gasteiger partial charge < -0.3 is 15.2 Å². The lowest BCUT2D eigenvalue weighted by Crippen LogP contribution is -2.13. The van der Waals surface area contributed by atoms with E-state index in [4.69, 9.17) is 9.84 Å². The second-order valence-electron chi connectivity index (χ2n) is 4.78. The van der Waals surface area contributed by atoms with Gasteiger partial charge in [-0.2, -0.15) is 5.26 Å². The van der Waals surface area contributed by atoms with Gasteiger partial charge in [0.25, 0.3) is 5.91 Å². The van der Waals surface area contributed by atoms with Crippen LogP contribution in [-0.2, 0) is 4.79 Å². The van der Waals surface area contributed by atoms with Crippen LogP contribution in [0.1, 0.15) is 15.9 Å². The number of amides is 1. The second-order valence-corrected chi connectivity index (χ2v) is 4.78. The summed E-state index contributed by atoms with van der Waals surface area (Å²) in [5.41, 5.74) is 1.09. The highest BCUT2D eigenvalue weighted by Crippen LogP contribution is 2.18. The standard InChI is InChI=1S/C18H14N2O4/c1-24-16-4-2-3-15(10-16)20-17(21)14(11-19)9-12-5-7-13(8-6-12)18(22)23/h2-10H,1H3,(H,20,21)(H,22,23)/b14-9-. The van der Waals surface area contributed by atoms with Crippen molar-refractivity contribution in [3.63, 3.8) is 0 Å². The average molecular weight is 322 g/mol. The molecule has 2 rings (SSSR count). The SMILES string of the molecule is COc1cccc(NC(=O)/C(C#N)=C\c2ccc(C(=O)O)cc2)c1. The molecule has 0 heterocycles. The van der Waals surface area contributed by atoms with Crippen LogP contribution in [0, 0.1) is 11.3 Å². The molecule has 0 fully saturated rings. The predicted octanol–water partition coefficient (Wildman–Crippen LogP) is 2.94. The number of anilines is 1. The first-order valence-electron chi connectivity index (χ1n) is 6.94. The molecule has 1 amide bonds. The molecule has 6 heteroatoms. The van der Waals surface area contributed by atoms with Crippen molar-refractivity contribution in [3.05, 3.63) is 65.2 Å². The molecule has 2 aromatic carbocycles. The monoisotopic (exact) mass is 322 g/mol. The Kier molecular flexibility index (Phi) is 5.32. The number of nitriles is 1. The number of carboxylic acid groups (broad SMARTS) is 1. The molecule has 0 bridgehead atoms. The Labute approximate surface area is 138 Å². The lowest BCUT2D eigenvalue weighted by atomic mass is 10.1. The first kappa shape index (κ1) is 16.8. The van der Waals surface area contributed by atoms with E-state index in [9.17, 15) is 14.9 Å². The molecule has 2 N–H and O–H groups in total. The van der Waals surface area contributed by atoms with Crippen molar-refractivity contribution in [2.45, 2.75) is 0 Å². The van der Waals surface area contributed by atoms with Crippen molar-refractivity contribution < 1.29 is 19.4 Å². The van der Waals surface area contributed by atoms with Crippen molar-refractivity contribution in [3.8, 4) is 11.8 Å². The van der Waals surface area contributed by atoms with Crippen LogP contribution < -0.4 is 10.1 Å². The molecule has 0 saturated carbocycles. The maximum Gasteiger partial charge on any atom is 0.335 e. The number of nitrogens with one attached hydrogen (secondary N) is 1. The average Bonchev–Trinajstić information content (AvgIpc) is 2.60. The summed E-state index contributed by atoms with van der Waals surface area (Å²) in [7, 11) is 1.52. The molecule has 0 aliphatic rings. The summed E-state index contributed by atoms with van der Waals surface area (Å²) in [5, 5.41) is 20.7. The maximum absolute atomic E-state index is 12.2. The van der Waals surface area contributed by atoms with Gasteiger partial charge in [0, 0.05) is 11.8 Å². The number of rotatable bonds is 5. The summed E-state index contributed by atoms with van der Waals surface area (Å²) < 4.78 is 5.07. The number of carbonyl (C=O) groups is 2. The van der Waals surface area contributed by atoms with E-state index in [0.717, 1.165) is 0 Å². The number of benzene rings is 2. The fourth-order valence-electron chi connectivity index (χ4n) is 1.94. The van der Waals surface area contributed by atoms with Gasteiger partial charge >= 0.3 is 5.97 Å². The highest BCUT2D eigenvalue weighted by Gasteiger charge is 2.10. The van der Waals surface area contributed by atoms with Gasteiger partial charge in [-0.1, -0.05) is 18.2 Å². The molecule has 0 atom stereocenters. The van der Waals surface area contributed by atoms with Gasteiger partial charge in [-0.3, -0.25) is 4.79 Å². The second kappa shape index (κ2) is 7.61. The third kappa shape index (κ3) is 4.21. The van der Waals surface area contributed by atoms with Gasteiger partial charge in [-0.05, 0) is 35.9 Å². The summed E-state index contributed by atoms with van der Waals surface area (Å²) in [5.74, 6) is -1.02. The first-order chi connectivity index (χ1) is 11.5. The Bertz CT molecular complexity index is 833. The van der Waals surface area contributed by atoms with Gasteiger partial charge in [0.1, 0.15) is 17.4 Å². The van der Waals surface area contributed by atoms with E-state index >= 15 is 0 Å². The van der Waals surface area contributed by atoms with Crippen molar-refractivity contribution >= 4 is 23.6 Å². The molecule has 2 aromatic rings. The third-order valence-corrected chi connectivity index (χ3v) is 3.16. The van der Waals surface area contributed by atoms with Crippen LogP contribution in [0.15, 0.2) is 54.1 Å². The van der Waals surface area contributed by atoms with Gasteiger partial charge in [-0.25, -0.2) is 4.79 Å². The van der Waals surface area contributed by atoms with Crippen molar-refractivity contribution in [1.82, 2.24) is 0 Å². The van der Waals surface area contributed by atoms with Gasteiger partial charge in [-0.15, -0.1) is 0 Å². The van der Waals surface area contributed by atoms with Crippen molar-refractivity contribution in [2.24, 2.45) is 0 Å². The normalized spacial score (nSPS) is 10.6. The maximum atomic E-state index is 12.2. The van der Waals surface area contributed by atoms with Crippen molar-refractivity contribution in [1.29, 1.82) is 5.26 Å². The van der Waals surface area contributed by atoms with E-state index in [2.05, 4.69) is 5.32 Å². The minimum atomic E-state index is -1.04. The third-order valence-electron chi connectivity index (χ3n) is 3.16. The minimum absolute atomic E-state index is 0.0964. The van der Waals surface area contributed by atoms with Crippen LogP contribution in [0.25, 0.3) is 6.08 Å². The number of aromatic carboxylic acids is 1. The fourth-order valence-corrected chi connectivity index (χ4v) is 1.94. The number of hydrogen-bond acceptors (Lipinski definition) is 4. The lowest BCUT2D eigenvalue weighted by Gasteiger charge is -2.06. The molecule has 24 heavy (non-hydrogen) atoms. The number of nitrogens with zero attached hydrogens (tertiary/aromatic N) is 1. The molecule has 0 aromatic heterocycles. The molecule has 0 aliphatic carbocycles. The Morgan fingerprint density at radius 1 is 1.21 bits per heavy atom. The number of methoxy groups -OCH3 is 1. The summed E-state index contributed by atoms with van der Waals surface area (Å²) >= 11 is 0. The molecular formula is C18H14N2O4. The molecule has 6 nitrogen and oxygen atoms in total. The van der Waals surface area contributed by atoms with E-state index in [1.54, 1.807) is 24.3 Å². The molecule has 0 aliphatic heterocycles. The largest absolute Gasteiger partial charge is 0.497 e. The van der Waals surface area contributed by atoms with E-state index in [0.29, 0.717) is 17.0 Å². The minimum Gasteiger partial charge on any atom is -0.497 e. The molecular weight excluding hydrogens is 308 g/mol. The zero-order valence-electron chi connectivity index (χ0n) is 12.8. The zero-order chi connectivity index (χ0) is 17.5. The Balaban J connectivity index is 2.18. The van der Waals surface area contributed by atoms with Gasteiger partial charge in [0.2, 0.25) is 0 Å². The summed E-state index contributed by atoms with van der Waals surface area (Å²) in [6.45, 7) is 0. The van der Waals surface area contributed by atoms with Gasteiger partial charge in [0.05, 0.1) is 12.7 Å². The van der Waals surface area contributed by atoms with E-state index in [1.807, 2.05) is 6.07 Å². The quantitative estimate of drug-likeness (QED) is 0.651. The van der Waals surface area contributed by atoms with Crippen molar-refractivity contribution in [2.75, 3.05) is 12.4 Å². The van der Waals surface area contributed by atoms with Gasteiger partial charge in [0.15, 0.2) is 0 Å². The zero-order valence-corrected chi connectivity index (χ0v) is 12.8. The number of carboxylic acids is 1. The highest BCUT2D eigenvalue weighted by atomic mass is 16.5. The Morgan fingerprint density at radius 3 is 2.50 bits per heavy atom. The Hall–Kier alpha value is -3.59. The molecule has 0 unspecified atom stereocenters. The Morgan fingerprint density at radius 2 is 1.92 bits per heavy atom. The van der Waals surface area contributed by atoms with Crippen LogP contribution in [-0.4, -0.2) is 24.1 Å². The number of hydrogen-bond donors (Lipinski definition) is 2. The van der Waals surface area contributed by atoms with Crippen LogP contribution in [0.3, 0.4) is 0 Å². The number of carbonyl (C=O) groups excluding carboxylic acids is 1. The molecule has 0 saturated heterocycles. The van der Waals surface area contributed by atoms with E-state index in [1.165, 1.54) is 37.5 Å². The highest BCUT2D eigenvalue weighted by molar-refractivity contribution is 6.09. The molecule has 0 spiro atoms. The number of ether oxygens (including phenoxy) is 1. The van der Waals surface area contributed by atoms with E-state index in [-0.39, 0.29) is 11.1 Å². The van der Waals surface area contributed by atoms with Crippen LogP contribution in [0.4, 0.5) is 5.69 Å². The summed E-state index contributed by atoms with van der Waals surface area (Å²) in [6.07, 6.45) is 1.39. The fraction of sp³-hybridized carbons (Fsp3) is 0.0556. The van der Waals surface area contributed by atoms with Crippen LogP contribution >= 0.6 is 0 Å².